The fourth-order valence-corrected chi connectivity index (χ4v) is 5.08. The van der Waals surface area contributed by atoms with Crippen LogP contribution < -0.4 is 10.3 Å². The van der Waals surface area contributed by atoms with Crippen molar-refractivity contribution in [3.8, 4) is 0 Å². The molecular weight excluding hydrogens is 386 g/mol. The Morgan fingerprint density at radius 1 is 1.00 bits per heavy atom. The fraction of sp³-hybridized carbons (Fsp3) is 0.423. The molecule has 2 aromatic carbocycles. The molecule has 2 atom stereocenters. The van der Waals surface area contributed by atoms with E-state index in [-0.39, 0.29) is 30.1 Å². The lowest BCUT2D eigenvalue weighted by Gasteiger charge is -2.39. The molecule has 1 aliphatic carbocycles. The van der Waals surface area contributed by atoms with Gasteiger partial charge in [0.2, 0.25) is 5.91 Å². The second kappa shape index (κ2) is 9.04. The van der Waals surface area contributed by atoms with Crippen molar-refractivity contribution >= 4 is 23.1 Å². The molecule has 1 amide bonds. The predicted octanol–water partition coefficient (Wildman–Crippen LogP) is 4.83. The van der Waals surface area contributed by atoms with Crippen LogP contribution in [0.3, 0.4) is 0 Å². The molecule has 0 unspecified atom stereocenters. The summed E-state index contributed by atoms with van der Waals surface area (Å²) in [4.78, 5) is 25.9. The Kier molecular flexibility index (Phi) is 6.21. The summed E-state index contributed by atoms with van der Waals surface area (Å²) in [6.45, 7) is 3.61. The Bertz CT molecular complexity index is 951. The molecular formula is C26H31N3O2. The largest absolute Gasteiger partial charge is 0.353 e. The van der Waals surface area contributed by atoms with E-state index in [9.17, 15) is 9.59 Å². The number of hydrogen-bond donors (Lipinski definition) is 1. The maximum absolute atomic E-state index is 13.2. The second-order valence-corrected chi connectivity index (χ2v) is 8.97. The minimum atomic E-state index is -0.692. The van der Waals surface area contributed by atoms with Crippen molar-refractivity contribution in [1.29, 1.82) is 0 Å². The normalized spacial score (nSPS) is 24.0. The molecule has 1 aliphatic heterocycles. The molecule has 0 bridgehead atoms. The maximum Gasteiger partial charge on any atom is 0.222 e. The van der Waals surface area contributed by atoms with Crippen LogP contribution in [-0.2, 0) is 9.59 Å². The predicted molar refractivity (Wildman–Crippen MR) is 124 cm³/mol. The van der Waals surface area contributed by atoms with Crippen molar-refractivity contribution in [2.45, 2.75) is 69.9 Å². The minimum Gasteiger partial charge on any atom is -0.353 e. The quantitative estimate of drug-likeness (QED) is 0.732. The summed E-state index contributed by atoms with van der Waals surface area (Å²) in [5.41, 5.74) is 1.70. The van der Waals surface area contributed by atoms with Crippen LogP contribution in [0.1, 0.15) is 63.9 Å². The first-order chi connectivity index (χ1) is 15.0. The average Bonchev–Trinajstić information content (AvgIpc) is 3.08. The molecule has 5 nitrogen and oxygen atoms in total. The van der Waals surface area contributed by atoms with Crippen LogP contribution in [0.2, 0.25) is 0 Å². The van der Waals surface area contributed by atoms with E-state index in [1.807, 2.05) is 65.7 Å². The first-order valence-corrected chi connectivity index (χ1v) is 11.3. The van der Waals surface area contributed by atoms with Gasteiger partial charge in [-0.25, -0.2) is 0 Å². The van der Waals surface area contributed by atoms with E-state index in [1.54, 1.807) is 6.92 Å². The van der Waals surface area contributed by atoms with E-state index in [1.165, 1.54) is 19.3 Å². The Hall–Kier alpha value is -2.95. The van der Waals surface area contributed by atoms with Gasteiger partial charge < -0.3 is 5.32 Å². The van der Waals surface area contributed by atoms with Gasteiger partial charge in [0.1, 0.15) is 5.71 Å². The first-order valence-electron chi connectivity index (χ1n) is 11.3. The molecule has 0 aromatic heterocycles. The Labute approximate surface area is 184 Å². The summed E-state index contributed by atoms with van der Waals surface area (Å²) in [6.07, 6.45) is 5.94. The van der Waals surface area contributed by atoms with Crippen molar-refractivity contribution in [2.24, 2.45) is 5.10 Å². The van der Waals surface area contributed by atoms with Gasteiger partial charge in [-0.3, -0.25) is 14.6 Å². The molecule has 1 fully saturated rings. The smallest absolute Gasteiger partial charge is 0.222 e. The van der Waals surface area contributed by atoms with Gasteiger partial charge in [0.25, 0.3) is 0 Å². The molecule has 5 heteroatoms. The van der Waals surface area contributed by atoms with Gasteiger partial charge in [0.15, 0.2) is 5.78 Å². The molecule has 1 N–H and O–H groups in total. The van der Waals surface area contributed by atoms with Crippen molar-refractivity contribution in [3.05, 3.63) is 66.2 Å². The monoisotopic (exact) mass is 417 g/mol. The number of Topliss-reactive ketones (excluding diaryl/α,β-unsaturated/α-hetero) is 1. The number of amides is 1. The Balaban J connectivity index is 1.71. The number of carbonyl (C=O) groups excluding carboxylic acids is 2. The molecule has 2 aliphatic rings. The summed E-state index contributed by atoms with van der Waals surface area (Å²) < 4.78 is 0. The van der Waals surface area contributed by atoms with E-state index >= 15 is 0 Å². The van der Waals surface area contributed by atoms with Gasteiger partial charge >= 0.3 is 0 Å². The van der Waals surface area contributed by atoms with Crippen molar-refractivity contribution in [1.82, 2.24) is 5.32 Å². The summed E-state index contributed by atoms with van der Waals surface area (Å²) in [5, 5.41) is 9.94. The van der Waals surface area contributed by atoms with E-state index in [4.69, 9.17) is 5.10 Å². The number of nitrogens with zero attached hydrogens (tertiary/aromatic N) is 2. The summed E-state index contributed by atoms with van der Waals surface area (Å²) in [5.74, 6) is -0.328. The molecule has 0 saturated heterocycles. The van der Waals surface area contributed by atoms with Crippen LogP contribution in [0, 0.1) is 0 Å². The number of hydrazone groups is 1. The summed E-state index contributed by atoms with van der Waals surface area (Å²) >= 11 is 0. The molecule has 162 valence electrons. The van der Waals surface area contributed by atoms with Gasteiger partial charge in [-0.15, -0.1) is 0 Å². The van der Waals surface area contributed by atoms with Crippen molar-refractivity contribution in [3.63, 3.8) is 0 Å². The first kappa shape index (κ1) is 21.3. The van der Waals surface area contributed by atoms with Gasteiger partial charge in [0, 0.05) is 13.0 Å². The van der Waals surface area contributed by atoms with Crippen molar-refractivity contribution in [2.75, 3.05) is 5.01 Å². The highest BCUT2D eigenvalue weighted by molar-refractivity contribution is 6.42. The molecule has 1 saturated carbocycles. The zero-order chi connectivity index (χ0) is 21.8. The third kappa shape index (κ3) is 4.41. The number of anilines is 1. The van der Waals surface area contributed by atoms with Gasteiger partial charge in [-0.05, 0) is 37.5 Å². The molecule has 4 rings (SSSR count). The fourth-order valence-electron chi connectivity index (χ4n) is 5.08. The van der Waals surface area contributed by atoms with Gasteiger partial charge in [-0.1, -0.05) is 67.8 Å². The summed E-state index contributed by atoms with van der Waals surface area (Å²) in [6, 6.07) is 20.0. The van der Waals surface area contributed by atoms with Crippen LogP contribution in [-0.4, -0.2) is 29.0 Å². The minimum absolute atomic E-state index is 0.0243. The van der Waals surface area contributed by atoms with Crippen LogP contribution in [0.4, 0.5) is 5.69 Å². The molecule has 31 heavy (non-hydrogen) atoms. The zero-order valence-electron chi connectivity index (χ0n) is 18.4. The lowest BCUT2D eigenvalue weighted by molar-refractivity contribution is -0.123. The van der Waals surface area contributed by atoms with Crippen molar-refractivity contribution < 1.29 is 9.59 Å². The van der Waals surface area contributed by atoms with Crippen LogP contribution in [0.15, 0.2) is 65.8 Å². The maximum atomic E-state index is 13.2. The van der Waals surface area contributed by atoms with E-state index < -0.39 is 5.54 Å². The number of carbonyl (C=O) groups is 2. The number of nitrogens with one attached hydrogen (secondary N) is 1. The second-order valence-electron chi connectivity index (χ2n) is 8.97. The highest BCUT2D eigenvalue weighted by atomic mass is 16.2. The Morgan fingerprint density at radius 3 is 2.23 bits per heavy atom. The third-order valence-electron chi connectivity index (χ3n) is 6.57. The third-order valence-corrected chi connectivity index (χ3v) is 6.57. The highest BCUT2D eigenvalue weighted by Crippen LogP contribution is 2.45. The topological polar surface area (TPSA) is 61.8 Å². The SMILES string of the molecule is CC(=O)C1=NN(c2ccccc2)[C@](C)(CC(=O)NC2CCCCC2)[C@H]1c1ccccc1. The Morgan fingerprint density at radius 2 is 1.61 bits per heavy atom. The van der Waals surface area contributed by atoms with Crippen LogP contribution >= 0.6 is 0 Å². The molecule has 2 aromatic rings. The van der Waals surface area contributed by atoms with E-state index in [2.05, 4.69) is 12.2 Å². The lowest BCUT2D eigenvalue weighted by atomic mass is 9.75. The summed E-state index contributed by atoms with van der Waals surface area (Å²) in [7, 11) is 0. The number of rotatable bonds is 6. The number of hydrogen-bond acceptors (Lipinski definition) is 4. The van der Waals surface area contributed by atoms with Gasteiger partial charge in [-0.2, -0.15) is 5.10 Å². The zero-order valence-corrected chi connectivity index (χ0v) is 18.4. The van der Waals surface area contributed by atoms with Crippen LogP contribution in [0.25, 0.3) is 0 Å². The van der Waals surface area contributed by atoms with E-state index in [0.29, 0.717) is 5.71 Å². The molecule has 1 heterocycles. The number of para-hydroxylation sites is 1. The molecule has 0 spiro atoms. The highest BCUT2D eigenvalue weighted by Gasteiger charge is 2.51. The number of benzene rings is 2. The van der Waals surface area contributed by atoms with Gasteiger partial charge in [0.05, 0.1) is 23.6 Å². The average molecular weight is 418 g/mol. The number of ketones is 1. The van der Waals surface area contributed by atoms with E-state index in [0.717, 1.165) is 24.1 Å². The van der Waals surface area contributed by atoms with Crippen LogP contribution in [0.5, 0.6) is 0 Å². The lowest BCUT2D eigenvalue weighted by Crippen LogP contribution is -2.50. The standard InChI is InChI=1S/C26H31N3O2/c1-19(30)25-24(20-12-6-3-7-13-20)26(2,29(28-25)22-16-10-5-11-17-22)18-23(31)27-21-14-8-4-9-15-21/h3,5-7,10-13,16-17,21,24H,4,8-9,14-15,18H2,1-2H3,(H,27,31)/t24-,26+/m0/s1. The molecule has 0 radical (unpaired) electrons.